The molecule has 3 aromatic rings. The monoisotopic (exact) mass is 362 g/mol. The molecule has 0 atom stereocenters. The first-order valence-electron chi connectivity index (χ1n) is 6.89. The zero-order valence-corrected chi connectivity index (χ0v) is 14.8. The number of rotatable bonds is 6. The second-order valence-corrected chi connectivity index (χ2v) is 7.58. The van der Waals surface area contributed by atoms with E-state index in [9.17, 15) is 4.79 Å². The highest BCUT2D eigenvalue weighted by Crippen LogP contribution is 2.30. The Morgan fingerprint density at radius 2 is 2.13 bits per heavy atom. The largest absolute Gasteiger partial charge is 0.350 e. The van der Waals surface area contributed by atoms with Crippen molar-refractivity contribution in [3.63, 3.8) is 0 Å². The molecular weight excluding hydrogens is 348 g/mol. The van der Waals surface area contributed by atoms with Gasteiger partial charge in [0.2, 0.25) is 5.91 Å². The molecule has 0 radical (unpaired) electrons. The summed E-state index contributed by atoms with van der Waals surface area (Å²) < 4.78 is 0. The molecule has 0 aliphatic heterocycles. The van der Waals surface area contributed by atoms with Crippen molar-refractivity contribution in [1.29, 1.82) is 0 Å². The zero-order chi connectivity index (χ0) is 16.1. The van der Waals surface area contributed by atoms with E-state index in [2.05, 4.69) is 26.3 Å². The van der Waals surface area contributed by atoms with Crippen LogP contribution in [0.2, 0.25) is 0 Å². The summed E-state index contributed by atoms with van der Waals surface area (Å²) in [6.45, 7) is 2.48. The molecule has 0 aromatic carbocycles. The number of thiazole rings is 1. The average Bonchev–Trinajstić information content (AvgIpc) is 3.21. The minimum absolute atomic E-state index is 0.0343. The van der Waals surface area contributed by atoms with Crippen molar-refractivity contribution in [2.75, 3.05) is 5.75 Å². The van der Waals surface area contributed by atoms with Crippen molar-refractivity contribution in [2.45, 2.75) is 18.6 Å². The number of nitrogens with one attached hydrogen (secondary N) is 1. The number of thiophene rings is 1. The lowest BCUT2D eigenvalue weighted by molar-refractivity contribution is -0.118. The first kappa shape index (κ1) is 16.1. The van der Waals surface area contributed by atoms with Gasteiger partial charge in [0.25, 0.3) is 0 Å². The van der Waals surface area contributed by atoms with E-state index in [0.717, 1.165) is 20.5 Å². The van der Waals surface area contributed by atoms with E-state index in [4.69, 9.17) is 0 Å². The molecular formula is C15H14N4OS3. The summed E-state index contributed by atoms with van der Waals surface area (Å²) in [4.78, 5) is 26.9. The fourth-order valence-corrected chi connectivity index (χ4v) is 4.25. The van der Waals surface area contributed by atoms with Crippen LogP contribution in [-0.4, -0.2) is 26.6 Å². The number of aromatic nitrogens is 3. The lowest BCUT2D eigenvalue weighted by Gasteiger charge is -2.03. The molecule has 3 aromatic heterocycles. The number of amides is 1. The second kappa shape index (κ2) is 7.67. The van der Waals surface area contributed by atoms with Gasteiger partial charge in [0.1, 0.15) is 5.01 Å². The maximum atomic E-state index is 11.9. The molecule has 0 bridgehead atoms. The fraction of sp³-hybridized carbons (Fsp3) is 0.200. The maximum absolute atomic E-state index is 11.9. The van der Waals surface area contributed by atoms with Crippen LogP contribution in [0.25, 0.3) is 9.88 Å². The van der Waals surface area contributed by atoms with Gasteiger partial charge in [-0.05, 0) is 24.4 Å². The number of thioether (sulfide) groups is 1. The van der Waals surface area contributed by atoms with Crippen LogP contribution in [0.3, 0.4) is 0 Å². The van der Waals surface area contributed by atoms with Crippen molar-refractivity contribution >= 4 is 40.3 Å². The van der Waals surface area contributed by atoms with Crippen LogP contribution in [0.15, 0.2) is 41.1 Å². The highest BCUT2D eigenvalue weighted by molar-refractivity contribution is 7.99. The molecule has 3 rings (SSSR count). The van der Waals surface area contributed by atoms with Crippen LogP contribution in [0.4, 0.5) is 0 Å². The Morgan fingerprint density at radius 3 is 2.87 bits per heavy atom. The highest BCUT2D eigenvalue weighted by atomic mass is 32.2. The zero-order valence-electron chi connectivity index (χ0n) is 12.4. The van der Waals surface area contributed by atoms with Crippen LogP contribution in [0.5, 0.6) is 0 Å². The third-order valence-electron chi connectivity index (χ3n) is 2.95. The van der Waals surface area contributed by atoms with E-state index in [1.54, 1.807) is 41.1 Å². The topological polar surface area (TPSA) is 67.8 Å². The van der Waals surface area contributed by atoms with Crippen LogP contribution < -0.4 is 5.32 Å². The Hall–Kier alpha value is -1.77. The molecule has 5 nitrogen and oxygen atoms in total. The van der Waals surface area contributed by atoms with Crippen LogP contribution in [-0.2, 0) is 11.3 Å². The van der Waals surface area contributed by atoms with Gasteiger partial charge in [-0.2, -0.15) is 0 Å². The third-order valence-corrected chi connectivity index (χ3v) is 6.02. The average molecular weight is 363 g/mol. The van der Waals surface area contributed by atoms with Gasteiger partial charge in [0.05, 0.1) is 22.9 Å². The van der Waals surface area contributed by atoms with Crippen molar-refractivity contribution in [1.82, 2.24) is 20.3 Å². The van der Waals surface area contributed by atoms with E-state index in [1.165, 1.54) is 11.8 Å². The van der Waals surface area contributed by atoms with Gasteiger partial charge in [-0.15, -0.1) is 22.7 Å². The molecule has 0 fully saturated rings. The van der Waals surface area contributed by atoms with Gasteiger partial charge < -0.3 is 5.32 Å². The Morgan fingerprint density at radius 1 is 1.30 bits per heavy atom. The summed E-state index contributed by atoms with van der Waals surface area (Å²) in [5, 5.41) is 6.58. The maximum Gasteiger partial charge on any atom is 0.230 e. The van der Waals surface area contributed by atoms with E-state index < -0.39 is 0 Å². The van der Waals surface area contributed by atoms with E-state index in [1.807, 2.05) is 18.4 Å². The summed E-state index contributed by atoms with van der Waals surface area (Å²) in [6, 6.07) is 5.82. The molecule has 0 unspecified atom stereocenters. The quantitative estimate of drug-likeness (QED) is 0.538. The molecule has 0 saturated heterocycles. The van der Waals surface area contributed by atoms with Crippen molar-refractivity contribution in [3.05, 3.63) is 46.5 Å². The first-order chi connectivity index (χ1) is 11.2. The normalized spacial score (nSPS) is 10.7. The van der Waals surface area contributed by atoms with E-state index in [0.29, 0.717) is 17.5 Å². The fourth-order valence-electron chi connectivity index (χ4n) is 1.82. The van der Waals surface area contributed by atoms with Crippen molar-refractivity contribution in [3.8, 4) is 9.88 Å². The SMILES string of the molecule is Cc1nc(-c2cccs2)sc1CNC(=O)CSc1ncccn1. The minimum atomic E-state index is -0.0343. The molecule has 0 aliphatic carbocycles. The highest BCUT2D eigenvalue weighted by Gasteiger charge is 2.11. The Kier molecular flexibility index (Phi) is 5.37. The Balaban J connectivity index is 1.53. The van der Waals surface area contributed by atoms with Crippen LogP contribution in [0, 0.1) is 6.92 Å². The molecule has 8 heteroatoms. The van der Waals surface area contributed by atoms with Gasteiger partial charge in [0.15, 0.2) is 5.16 Å². The summed E-state index contributed by atoms with van der Waals surface area (Å²) in [5.41, 5.74) is 0.970. The number of aryl methyl sites for hydroxylation is 1. The number of nitrogens with zero attached hydrogens (tertiary/aromatic N) is 3. The van der Waals surface area contributed by atoms with E-state index in [-0.39, 0.29) is 5.91 Å². The number of hydrogen-bond donors (Lipinski definition) is 1. The Bertz CT molecular complexity index is 771. The molecule has 23 heavy (non-hydrogen) atoms. The predicted molar refractivity (Wildman–Crippen MR) is 94.8 cm³/mol. The van der Waals surface area contributed by atoms with E-state index >= 15 is 0 Å². The first-order valence-corrected chi connectivity index (χ1v) is 9.57. The minimum Gasteiger partial charge on any atom is -0.350 e. The number of carbonyl (C=O) groups is 1. The third kappa shape index (κ3) is 4.37. The van der Waals surface area contributed by atoms with Gasteiger partial charge >= 0.3 is 0 Å². The van der Waals surface area contributed by atoms with Crippen molar-refractivity contribution < 1.29 is 4.79 Å². The molecule has 0 saturated carbocycles. The van der Waals surface area contributed by atoms with Gasteiger partial charge in [-0.3, -0.25) is 4.79 Å². The molecule has 0 spiro atoms. The van der Waals surface area contributed by atoms with Gasteiger partial charge in [-0.1, -0.05) is 17.8 Å². The number of carbonyl (C=O) groups excluding carboxylic acids is 1. The van der Waals surface area contributed by atoms with Crippen LogP contribution in [0.1, 0.15) is 10.6 Å². The standard InChI is InChI=1S/C15H14N4OS3/c1-10-12(23-14(19-10)11-4-2-7-21-11)8-18-13(20)9-22-15-16-5-3-6-17-15/h2-7H,8-9H2,1H3,(H,18,20). The lowest BCUT2D eigenvalue weighted by Crippen LogP contribution is -2.24. The van der Waals surface area contributed by atoms with Gasteiger partial charge in [-0.25, -0.2) is 15.0 Å². The molecule has 1 amide bonds. The molecule has 0 aliphatic rings. The Labute approximate surface area is 146 Å². The summed E-state index contributed by atoms with van der Waals surface area (Å²) in [5.74, 6) is 0.271. The van der Waals surface area contributed by atoms with Crippen molar-refractivity contribution in [2.24, 2.45) is 0 Å². The summed E-state index contributed by atoms with van der Waals surface area (Å²) >= 11 is 4.62. The summed E-state index contributed by atoms with van der Waals surface area (Å²) in [6.07, 6.45) is 3.33. The second-order valence-electron chi connectivity index (χ2n) is 4.60. The van der Waals surface area contributed by atoms with Gasteiger partial charge in [0, 0.05) is 17.3 Å². The molecule has 3 heterocycles. The summed E-state index contributed by atoms with van der Waals surface area (Å²) in [7, 11) is 0. The lowest BCUT2D eigenvalue weighted by atomic mass is 10.4. The number of hydrogen-bond acceptors (Lipinski definition) is 7. The molecule has 118 valence electrons. The predicted octanol–water partition coefficient (Wildman–Crippen LogP) is 3.38. The smallest absolute Gasteiger partial charge is 0.230 e. The van der Waals surface area contributed by atoms with Crippen LogP contribution >= 0.6 is 34.4 Å². The molecule has 1 N–H and O–H groups in total.